The highest BCUT2D eigenvalue weighted by molar-refractivity contribution is 5.96. The Morgan fingerprint density at radius 2 is 1.75 bits per heavy atom. The van der Waals surface area contributed by atoms with Gasteiger partial charge in [-0.15, -0.1) is 0 Å². The zero-order valence-corrected chi connectivity index (χ0v) is 15.3. The van der Waals surface area contributed by atoms with Crippen molar-refractivity contribution >= 4 is 29.1 Å². The number of nitrogens with zero attached hydrogens (tertiary/aromatic N) is 2. The number of aryl methyl sites for hydroxylation is 1. The van der Waals surface area contributed by atoms with Crippen molar-refractivity contribution in [2.75, 3.05) is 17.2 Å². The molecule has 0 atom stereocenters. The van der Waals surface area contributed by atoms with Crippen LogP contribution in [0.4, 0.5) is 31.9 Å². The number of anilines is 4. The zero-order valence-electron chi connectivity index (χ0n) is 15.3. The summed E-state index contributed by atoms with van der Waals surface area (Å²) in [5.74, 6) is -1.62. The highest BCUT2D eigenvalue weighted by Gasteiger charge is 2.14. The Kier molecular flexibility index (Phi) is 5.78. The monoisotopic (exact) mass is 384 g/mol. The van der Waals surface area contributed by atoms with Crippen LogP contribution in [-0.4, -0.2) is 22.5 Å². The van der Waals surface area contributed by atoms with E-state index < -0.39 is 17.6 Å². The third kappa shape index (κ3) is 4.40. The van der Waals surface area contributed by atoms with Gasteiger partial charge in [0.25, 0.3) is 0 Å². The predicted molar refractivity (Wildman–Crippen MR) is 102 cm³/mol. The van der Waals surface area contributed by atoms with E-state index in [1.807, 2.05) is 0 Å². The molecule has 1 aromatic heterocycles. The first-order valence-electron chi connectivity index (χ1n) is 8.58. The van der Waals surface area contributed by atoms with Crippen LogP contribution >= 0.6 is 0 Å². The van der Waals surface area contributed by atoms with Gasteiger partial charge in [0.1, 0.15) is 23.1 Å². The number of nitrogens with one attached hydrogen (secondary N) is 2. The molecule has 8 heteroatoms. The van der Waals surface area contributed by atoms with E-state index in [1.165, 1.54) is 6.07 Å². The standard InChI is InChI=1S/C20H18F2N4O2/c1-3-28-19(27)13-7-4-5-10-16(13)24-17-11-12(2)23-20(25-17)26-18-14(21)8-6-9-15(18)22/h4-11H,3H2,1-2H3,(H2,23,24,25,26). The number of halogens is 2. The van der Waals surface area contributed by atoms with Gasteiger partial charge in [-0.1, -0.05) is 18.2 Å². The molecule has 0 aliphatic heterocycles. The summed E-state index contributed by atoms with van der Waals surface area (Å²) in [5, 5.41) is 5.59. The molecule has 2 N–H and O–H groups in total. The van der Waals surface area contributed by atoms with Crippen molar-refractivity contribution in [1.82, 2.24) is 9.97 Å². The molecule has 3 aromatic rings. The molecule has 28 heavy (non-hydrogen) atoms. The summed E-state index contributed by atoms with van der Waals surface area (Å²) in [6.07, 6.45) is 0. The lowest BCUT2D eigenvalue weighted by molar-refractivity contribution is 0.0527. The molecule has 0 aliphatic carbocycles. The van der Waals surface area contributed by atoms with Gasteiger partial charge in [-0.05, 0) is 38.1 Å². The van der Waals surface area contributed by atoms with Crippen LogP contribution < -0.4 is 10.6 Å². The van der Waals surface area contributed by atoms with Crippen LogP contribution in [-0.2, 0) is 4.74 Å². The fourth-order valence-electron chi connectivity index (χ4n) is 2.53. The molecule has 0 unspecified atom stereocenters. The topological polar surface area (TPSA) is 76.1 Å². The molecule has 0 saturated heterocycles. The van der Waals surface area contributed by atoms with E-state index in [0.717, 1.165) is 12.1 Å². The minimum atomic E-state index is -0.757. The first-order chi connectivity index (χ1) is 13.5. The number of ether oxygens (including phenoxy) is 1. The van der Waals surface area contributed by atoms with E-state index in [-0.39, 0.29) is 18.2 Å². The smallest absolute Gasteiger partial charge is 0.340 e. The number of carbonyl (C=O) groups is 1. The van der Waals surface area contributed by atoms with Crippen LogP contribution in [0.25, 0.3) is 0 Å². The molecule has 0 aliphatic rings. The van der Waals surface area contributed by atoms with Crippen LogP contribution in [0, 0.1) is 18.6 Å². The van der Waals surface area contributed by atoms with Gasteiger partial charge in [-0.25, -0.2) is 18.6 Å². The highest BCUT2D eigenvalue weighted by Crippen LogP contribution is 2.24. The summed E-state index contributed by atoms with van der Waals surface area (Å²) in [6.45, 7) is 3.69. The van der Waals surface area contributed by atoms with Gasteiger partial charge >= 0.3 is 5.97 Å². The maximum Gasteiger partial charge on any atom is 0.340 e. The maximum atomic E-state index is 13.9. The lowest BCUT2D eigenvalue weighted by Gasteiger charge is -2.13. The quantitative estimate of drug-likeness (QED) is 0.599. The Hall–Kier alpha value is -3.55. The predicted octanol–water partition coefficient (Wildman–Crippen LogP) is 4.73. The van der Waals surface area contributed by atoms with Gasteiger partial charge in [-0.3, -0.25) is 0 Å². The van der Waals surface area contributed by atoms with E-state index in [9.17, 15) is 13.6 Å². The number of rotatable bonds is 6. The normalized spacial score (nSPS) is 10.4. The second-order valence-corrected chi connectivity index (χ2v) is 5.83. The SMILES string of the molecule is CCOC(=O)c1ccccc1Nc1cc(C)nc(Nc2c(F)cccc2F)n1. The Balaban J connectivity index is 1.90. The minimum Gasteiger partial charge on any atom is -0.462 e. The fraction of sp³-hybridized carbons (Fsp3) is 0.150. The van der Waals surface area contributed by atoms with E-state index in [4.69, 9.17) is 4.74 Å². The van der Waals surface area contributed by atoms with E-state index in [0.29, 0.717) is 22.8 Å². The molecule has 2 aromatic carbocycles. The lowest BCUT2D eigenvalue weighted by Crippen LogP contribution is -2.09. The molecule has 0 radical (unpaired) electrons. The zero-order chi connectivity index (χ0) is 20.1. The number of aromatic nitrogens is 2. The molecular formula is C20H18F2N4O2. The van der Waals surface area contributed by atoms with Crippen molar-refractivity contribution in [3.05, 3.63) is 71.4 Å². The third-order valence-corrected chi connectivity index (χ3v) is 3.74. The summed E-state index contributed by atoms with van der Waals surface area (Å²) >= 11 is 0. The fourth-order valence-corrected chi connectivity index (χ4v) is 2.53. The van der Waals surface area contributed by atoms with Gasteiger partial charge in [0.15, 0.2) is 0 Å². The Morgan fingerprint density at radius 3 is 2.46 bits per heavy atom. The van der Waals surface area contributed by atoms with Crippen LogP contribution in [0.1, 0.15) is 23.0 Å². The summed E-state index contributed by atoms with van der Waals surface area (Å²) in [7, 11) is 0. The van der Waals surface area contributed by atoms with Crippen molar-refractivity contribution in [2.24, 2.45) is 0 Å². The van der Waals surface area contributed by atoms with Gasteiger partial charge in [-0.2, -0.15) is 4.98 Å². The van der Waals surface area contributed by atoms with Crippen molar-refractivity contribution in [1.29, 1.82) is 0 Å². The number of esters is 1. The molecule has 0 spiro atoms. The van der Waals surface area contributed by atoms with Gasteiger partial charge in [0.05, 0.1) is 17.9 Å². The molecule has 1 heterocycles. The number of hydrogen-bond acceptors (Lipinski definition) is 6. The maximum absolute atomic E-state index is 13.9. The Bertz CT molecular complexity index is 991. The molecule has 0 amide bonds. The molecular weight excluding hydrogens is 366 g/mol. The van der Waals surface area contributed by atoms with Crippen LogP contribution in [0.5, 0.6) is 0 Å². The van der Waals surface area contributed by atoms with Crippen LogP contribution in [0.15, 0.2) is 48.5 Å². The molecule has 0 fully saturated rings. The highest BCUT2D eigenvalue weighted by atomic mass is 19.1. The minimum absolute atomic E-state index is 0.0140. The summed E-state index contributed by atoms with van der Waals surface area (Å²) < 4.78 is 32.8. The molecule has 6 nitrogen and oxygen atoms in total. The van der Waals surface area contributed by atoms with Crippen molar-refractivity contribution < 1.29 is 18.3 Å². The summed E-state index contributed by atoms with van der Waals surface area (Å²) in [4.78, 5) is 20.5. The molecule has 0 saturated carbocycles. The van der Waals surface area contributed by atoms with Crippen molar-refractivity contribution in [3.8, 4) is 0 Å². The number of hydrogen-bond donors (Lipinski definition) is 2. The molecule has 144 valence electrons. The van der Waals surface area contributed by atoms with Gasteiger partial charge in [0, 0.05) is 11.8 Å². The lowest BCUT2D eigenvalue weighted by atomic mass is 10.2. The largest absolute Gasteiger partial charge is 0.462 e. The first kappa shape index (κ1) is 19.2. The van der Waals surface area contributed by atoms with Gasteiger partial charge in [0.2, 0.25) is 5.95 Å². The van der Waals surface area contributed by atoms with Crippen molar-refractivity contribution in [3.63, 3.8) is 0 Å². The van der Waals surface area contributed by atoms with E-state index in [1.54, 1.807) is 44.2 Å². The average molecular weight is 384 g/mol. The summed E-state index contributed by atoms with van der Waals surface area (Å²) in [6, 6.07) is 12.0. The van der Waals surface area contributed by atoms with E-state index >= 15 is 0 Å². The Labute approximate surface area is 160 Å². The number of carbonyl (C=O) groups excluding carboxylic acids is 1. The van der Waals surface area contributed by atoms with Crippen LogP contribution in [0.3, 0.4) is 0 Å². The van der Waals surface area contributed by atoms with E-state index in [2.05, 4.69) is 20.6 Å². The molecule has 3 rings (SSSR count). The molecule has 0 bridgehead atoms. The number of benzene rings is 2. The first-order valence-corrected chi connectivity index (χ1v) is 8.58. The number of para-hydroxylation sites is 2. The Morgan fingerprint density at radius 1 is 1.04 bits per heavy atom. The van der Waals surface area contributed by atoms with Crippen LogP contribution in [0.2, 0.25) is 0 Å². The summed E-state index contributed by atoms with van der Waals surface area (Å²) in [5.41, 5.74) is 1.05. The average Bonchev–Trinajstić information content (AvgIpc) is 2.65. The second-order valence-electron chi connectivity index (χ2n) is 5.83. The van der Waals surface area contributed by atoms with Crippen molar-refractivity contribution in [2.45, 2.75) is 13.8 Å². The van der Waals surface area contributed by atoms with Gasteiger partial charge < -0.3 is 15.4 Å². The second kappa shape index (κ2) is 8.43. The third-order valence-electron chi connectivity index (χ3n) is 3.74.